The summed E-state index contributed by atoms with van der Waals surface area (Å²) in [4.78, 5) is 10.3. The zero-order chi connectivity index (χ0) is 14.7. The van der Waals surface area contributed by atoms with Crippen molar-refractivity contribution in [3.63, 3.8) is 0 Å². The van der Waals surface area contributed by atoms with Gasteiger partial charge in [0.15, 0.2) is 11.6 Å². The van der Waals surface area contributed by atoms with Crippen LogP contribution in [0.2, 0.25) is 0 Å². The molecule has 4 nitrogen and oxygen atoms in total. The van der Waals surface area contributed by atoms with Gasteiger partial charge in [-0.3, -0.25) is 10.1 Å². The lowest BCUT2D eigenvalue weighted by Gasteiger charge is -2.11. The van der Waals surface area contributed by atoms with Gasteiger partial charge in [0.1, 0.15) is 5.75 Å². The molecule has 2 rings (SSSR count). The number of ether oxygens (including phenoxy) is 1. The molecule has 0 saturated carbocycles. The maximum atomic E-state index is 13.7. The summed E-state index contributed by atoms with van der Waals surface area (Å²) in [6.45, 7) is 1.59. The van der Waals surface area contributed by atoms with Gasteiger partial charge < -0.3 is 4.74 Å². The van der Waals surface area contributed by atoms with E-state index in [1.165, 1.54) is 24.3 Å². The quantitative estimate of drug-likeness (QED) is 0.471. The number of benzene rings is 2. The van der Waals surface area contributed by atoms with Gasteiger partial charge in [0.05, 0.1) is 10.8 Å². The van der Waals surface area contributed by atoms with Crippen LogP contribution in [0.15, 0.2) is 36.4 Å². The minimum absolute atomic E-state index is 0.0107. The molecule has 0 aliphatic heterocycles. The molecule has 104 valence electrons. The van der Waals surface area contributed by atoms with Gasteiger partial charge in [0.2, 0.25) is 0 Å². The van der Waals surface area contributed by atoms with E-state index >= 15 is 0 Å². The molecule has 0 amide bonds. The number of rotatable bonds is 4. The van der Waals surface area contributed by atoms with E-state index in [0.717, 1.165) is 0 Å². The van der Waals surface area contributed by atoms with E-state index < -0.39 is 10.7 Å². The van der Waals surface area contributed by atoms with Crippen LogP contribution in [-0.2, 0) is 5.88 Å². The standard InChI is InChI=1S/C14H11ClFNO3/c1-9-7-11(5-6-13(9)17(18)19)20-14-10(8-15)3-2-4-12(14)16/h2-7H,8H2,1H3. The van der Waals surface area contributed by atoms with E-state index in [4.69, 9.17) is 16.3 Å². The van der Waals surface area contributed by atoms with Crippen molar-refractivity contribution in [2.75, 3.05) is 0 Å². The SMILES string of the molecule is Cc1cc(Oc2c(F)cccc2CCl)ccc1[N+](=O)[O-]. The lowest BCUT2D eigenvalue weighted by atomic mass is 10.2. The Morgan fingerprint density at radius 1 is 1.35 bits per heavy atom. The minimum Gasteiger partial charge on any atom is -0.454 e. The fourth-order valence-corrected chi connectivity index (χ4v) is 2.00. The molecular weight excluding hydrogens is 285 g/mol. The Labute approximate surface area is 119 Å². The third kappa shape index (κ3) is 2.88. The average Bonchev–Trinajstić information content (AvgIpc) is 2.40. The van der Waals surface area contributed by atoms with E-state index in [9.17, 15) is 14.5 Å². The molecule has 0 heterocycles. The first kappa shape index (κ1) is 14.3. The molecule has 20 heavy (non-hydrogen) atoms. The topological polar surface area (TPSA) is 52.4 Å². The van der Waals surface area contributed by atoms with Crippen LogP contribution in [0.4, 0.5) is 10.1 Å². The summed E-state index contributed by atoms with van der Waals surface area (Å²) in [6.07, 6.45) is 0. The molecule has 0 fully saturated rings. The highest BCUT2D eigenvalue weighted by Crippen LogP contribution is 2.31. The van der Waals surface area contributed by atoms with Crippen LogP contribution in [0.3, 0.4) is 0 Å². The molecule has 0 unspecified atom stereocenters. The summed E-state index contributed by atoms with van der Waals surface area (Å²) < 4.78 is 19.2. The predicted octanol–water partition coefficient (Wildman–Crippen LogP) is 4.57. The van der Waals surface area contributed by atoms with Crippen molar-refractivity contribution in [3.05, 3.63) is 63.5 Å². The number of nitro benzene ring substituents is 1. The number of nitro groups is 1. The molecule has 6 heteroatoms. The maximum Gasteiger partial charge on any atom is 0.272 e. The second-order valence-electron chi connectivity index (χ2n) is 4.17. The second-order valence-corrected chi connectivity index (χ2v) is 4.44. The number of hydrogen-bond donors (Lipinski definition) is 0. The lowest BCUT2D eigenvalue weighted by Crippen LogP contribution is -1.95. The fourth-order valence-electron chi connectivity index (χ4n) is 1.79. The number of para-hydroxylation sites is 1. The summed E-state index contributed by atoms with van der Waals surface area (Å²) >= 11 is 5.73. The van der Waals surface area contributed by atoms with Crippen LogP contribution < -0.4 is 4.74 Å². The fraction of sp³-hybridized carbons (Fsp3) is 0.143. The molecular formula is C14H11ClFNO3. The van der Waals surface area contributed by atoms with Crippen molar-refractivity contribution < 1.29 is 14.1 Å². The van der Waals surface area contributed by atoms with E-state index in [2.05, 4.69) is 0 Å². The number of halogens is 2. The van der Waals surface area contributed by atoms with E-state index in [1.807, 2.05) is 0 Å². The Morgan fingerprint density at radius 2 is 2.10 bits per heavy atom. The maximum absolute atomic E-state index is 13.7. The average molecular weight is 296 g/mol. The van der Waals surface area contributed by atoms with Crippen LogP contribution in [0.5, 0.6) is 11.5 Å². The first-order chi connectivity index (χ1) is 9.52. The van der Waals surface area contributed by atoms with Crippen molar-refractivity contribution >= 4 is 17.3 Å². The summed E-state index contributed by atoms with van der Waals surface area (Å²) in [5.41, 5.74) is 0.947. The van der Waals surface area contributed by atoms with Gasteiger partial charge in [0.25, 0.3) is 5.69 Å². The van der Waals surface area contributed by atoms with Crippen molar-refractivity contribution in [2.24, 2.45) is 0 Å². The molecule has 0 atom stereocenters. The Kier molecular flexibility index (Phi) is 4.20. The van der Waals surface area contributed by atoms with Crippen molar-refractivity contribution in [1.29, 1.82) is 0 Å². The summed E-state index contributed by atoms with van der Waals surface area (Å²) in [5, 5.41) is 10.7. The zero-order valence-corrected chi connectivity index (χ0v) is 11.4. The number of alkyl halides is 1. The Morgan fingerprint density at radius 3 is 2.70 bits per heavy atom. The summed E-state index contributed by atoms with van der Waals surface area (Å²) in [7, 11) is 0. The third-order valence-corrected chi connectivity index (χ3v) is 3.07. The number of nitrogens with zero attached hydrogens (tertiary/aromatic N) is 1. The highest BCUT2D eigenvalue weighted by molar-refractivity contribution is 6.17. The first-order valence-corrected chi connectivity index (χ1v) is 6.32. The molecule has 0 radical (unpaired) electrons. The molecule has 0 bridgehead atoms. The summed E-state index contributed by atoms with van der Waals surface area (Å²) in [6, 6.07) is 8.71. The van der Waals surface area contributed by atoms with E-state index in [0.29, 0.717) is 16.9 Å². The molecule has 2 aromatic rings. The minimum atomic E-state index is -0.529. The molecule has 0 aliphatic rings. The number of hydrogen-bond acceptors (Lipinski definition) is 3. The van der Waals surface area contributed by atoms with Gasteiger partial charge in [-0.2, -0.15) is 0 Å². The lowest BCUT2D eigenvalue weighted by molar-refractivity contribution is -0.385. The molecule has 0 aliphatic carbocycles. The normalized spacial score (nSPS) is 10.3. The van der Waals surface area contributed by atoms with Gasteiger partial charge in [-0.1, -0.05) is 12.1 Å². The highest BCUT2D eigenvalue weighted by atomic mass is 35.5. The van der Waals surface area contributed by atoms with Crippen LogP contribution in [-0.4, -0.2) is 4.92 Å². The van der Waals surface area contributed by atoms with Gasteiger partial charge in [0, 0.05) is 17.2 Å². The first-order valence-electron chi connectivity index (χ1n) is 5.79. The monoisotopic (exact) mass is 295 g/mol. The van der Waals surface area contributed by atoms with Gasteiger partial charge >= 0.3 is 0 Å². The van der Waals surface area contributed by atoms with E-state index in [1.54, 1.807) is 19.1 Å². The predicted molar refractivity (Wildman–Crippen MR) is 73.9 cm³/mol. The Bertz CT molecular complexity index is 661. The smallest absolute Gasteiger partial charge is 0.272 e. The van der Waals surface area contributed by atoms with Crippen LogP contribution in [0.1, 0.15) is 11.1 Å². The second kappa shape index (κ2) is 5.88. The van der Waals surface area contributed by atoms with Gasteiger partial charge in [-0.05, 0) is 25.1 Å². The van der Waals surface area contributed by atoms with Gasteiger partial charge in [-0.25, -0.2) is 4.39 Å². The van der Waals surface area contributed by atoms with Crippen LogP contribution >= 0.6 is 11.6 Å². The Balaban J connectivity index is 2.36. The molecule has 0 spiro atoms. The highest BCUT2D eigenvalue weighted by Gasteiger charge is 2.14. The van der Waals surface area contributed by atoms with Crippen LogP contribution in [0, 0.1) is 22.9 Å². The van der Waals surface area contributed by atoms with Crippen molar-refractivity contribution in [1.82, 2.24) is 0 Å². The van der Waals surface area contributed by atoms with Gasteiger partial charge in [-0.15, -0.1) is 11.6 Å². The van der Waals surface area contributed by atoms with Crippen molar-refractivity contribution in [2.45, 2.75) is 12.8 Å². The Hall–Kier alpha value is -2.14. The molecule has 0 aromatic heterocycles. The molecule has 0 saturated heterocycles. The number of aryl methyl sites for hydroxylation is 1. The summed E-state index contributed by atoms with van der Waals surface area (Å²) in [5.74, 6) is -0.0570. The van der Waals surface area contributed by atoms with E-state index in [-0.39, 0.29) is 17.3 Å². The van der Waals surface area contributed by atoms with Crippen molar-refractivity contribution in [3.8, 4) is 11.5 Å². The largest absolute Gasteiger partial charge is 0.454 e. The molecule has 2 aromatic carbocycles. The third-order valence-electron chi connectivity index (χ3n) is 2.78. The van der Waals surface area contributed by atoms with Crippen LogP contribution in [0.25, 0.3) is 0 Å². The molecule has 0 N–H and O–H groups in total. The zero-order valence-electron chi connectivity index (χ0n) is 10.6.